The third kappa shape index (κ3) is 3.12. The van der Waals surface area contributed by atoms with E-state index in [9.17, 15) is 0 Å². The second-order valence-corrected chi connectivity index (χ2v) is 11.6. The molecule has 4 aromatic carbocycles. The fraction of sp³-hybridized carbons (Fsp3) is 0.0938. The Balaban J connectivity index is 1.38. The van der Waals surface area contributed by atoms with Gasteiger partial charge in [-0.05, 0) is 0 Å². The van der Waals surface area contributed by atoms with Gasteiger partial charge in [0.1, 0.15) is 0 Å². The molecule has 0 saturated carbocycles. The predicted octanol–water partition coefficient (Wildman–Crippen LogP) is 7.70. The monoisotopic (exact) mass is 516 g/mol. The van der Waals surface area contributed by atoms with Gasteiger partial charge in [0.05, 0.1) is 0 Å². The van der Waals surface area contributed by atoms with Crippen LogP contribution in [-0.4, -0.2) is 23.9 Å². The van der Waals surface area contributed by atoms with Crippen LogP contribution in [0.1, 0.15) is 25.0 Å². The first kappa shape index (κ1) is 20.7. The van der Waals surface area contributed by atoms with E-state index in [1.54, 1.807) is 0 Å². The number of rotatable bonds is 3. The van der Waals surface area contributed by atoms with Crippen LogP contribution in [0.2, 0.25) is 0 Å². The molecule has 2 aromatic heterocycles. The maximum atomic E-state index is 5.14. The third-order valence-electron chi connectivity index (χ3n) is 7.38. The summed E-state index contributed by atoms with van der Waals surface area (Å²) in [5, 5.41) is 0. The van der Waals surface area contributed by atoms with Crippen molar-refractivity contribution in [3.05, 3.63) is 119 Å². The number of aromatic nitrogens is 2. The summed E-state index contributed by atoms with van der Waals surface area (Å²) in [5.74, 6) is 0. The van der Waals surface area contributed by atoms with E-state index in [0.717, 1.165) is 15.8 Å². The minimum atomic E-state index is -0.0208. The molecule has 7 rings (SSSR count). The van der Waals surface area contributed by atoms with E-state index in [4.69, 9.17) is 4.98 Å². The van der Waals surface area contributed by atoms with E-state index >= 15 is 0 Å². The van der Waals surface area contributed by atoms with Gasteiger partial charge in [0.2, 0.25) is 0 Å². The molecule has 35 heavy (non-hydrogen) atoms. The molecule has 0 spiro atoms. The van der Waals surface area contributed by atoms with Crippen LogP contribution in [0.4, 0.5) is 0 Å². The van der Waals surface area contributed by atoms with Crippen molar-refractivity contribution >= 4 is 19.0 Å². The number of nitrogens with zero attached hydrogens (tertiary/aromatic N) is 2. The Morgan fingerprint density at radius 3 is 2.14 bits per heavy atom. The van der Waals surface area contributed by atoms with Crippen molar-refractivity contribution in [2.45, 2.75) is 19.3 Å². The topological polar surface area (TPSA) is 17.3 Å². The molecule has 0 atom stereocenters. The van der Waals surface area contributed by atoms with Gasteiger partial charge in [-0.25, -0.2) is 0 Å². The zero-order chi connectivity index (χ0) is 23.6. The first-order valence-electron chi connectivity index (χ1n) is 12.0. The van der Waals surface area contributed by atoms with E-state index in [1.807, 2.05) is 0 Å². The second kappa shape index (κ2) is 7.68. The van der Waals surface area contributed by atoms with Crippen LogP contribution in [0.3, 0.4) is 0 Å². The molecule has 0 unspecified atom stereocenters. The summed E-state index contributed by atoms with van der Waals surface area (Å²) in [7, 11) is 0. The summed E-state index contributed by atoms with van der Waals surface area (Å²) in [6.07, 6.45) is 2.20. The summed E-state index contributed by atoms with van der Waals surface area (Å²) < 4.78 is 3.47. The number of hydrogen-bond acceptors (Lipinski definition) is 1. The van der Waals surface area contributed by atoms with Crippen molar-refractivity contribution in [1.82, 2.24) is 9.38 Å². The Labute approximate surface area is 211 Å². The Morgan fingerprint density at radius 1 is 0.657 bits per heavy atom. The molecule has 1 aliphatic rings. The average molecular weight is 516 g/mol. The van der Waals surface area contributed by atoms with E-state index in [-0.39, 0.29) is 19.9 Å². The van der Waals surface area contributed by atoms with Gasteiger partial charge in [0, 0.05) is 0 Å². The normalized spacial score (nSPS) is 13.7. The Hall–Kier alpha value is -3.65. The molecular weight excluding hydrogens is 491 g/mol. The molecule has 0 amide bonds. The average Bonchev–Trinajstić information content (AvgIpc) is 3.56. The maximum absolute atomic E-state index is 5.14. The zero-order valence-electron chi connectivity index (χ0n) is 19.7. The molecule has 0 fully saturated rings. The predicted molar refractivity (Wildman–Crippen MR) is 146 cm³/mol. The van der Waals surface area contributed by atoms with Crippen molar-refractivity contribution in [3.8, 4) is 44.8 Å². The van der Waals surface area contributed by atoms with E-state index in [0.29, 0.717) is 0 Å². The van der Waals surface area contributed by atoms with Crippen LogP contribution < -0.4 is 0 Å². The molecule has 6 aromatic rings. The SMILES string of the molecule is CC1(C)c2ccccc2-c2ccc(-c3c(-c4ccc(-c5ccccc5)cc4)nc4[se]ccn34)cc21. The molecule has 3 heteroatoms. The van der Waals surface area contributed by atoms with Gasteiger partial charge in [-0.2, -0.15) is 0 Å². The van der Waals surface area contributed by atoms with E-state index < -0.39 is 0 Å². The van der Waals surface area contributed by atoms with Crippen molar-refractivity contribution < 1.29 is 0 Å². The Bertz CT molecular complexity index is 1700. The van der Waals surface area contributed by atoms with Gasteiger partial charge < -0.3 is 0 Å². The van der Waals surface area contributed by atoms with Crippen molar-refractivity contribution in [2.24, 2.45) is 0 Å². The quantitative estimate of drug-likeness (QED) is 0.221. The molecule has 2 nitrogen and oxygen atoms in total. The van der Waals surface area contributed by atoms with Gasteiger partial charge in [-0.3, -0.25) is 0 Å². The number of fused-ring (bicyclic) bond motifs is 4. The number of hydrogen-bond donors (Lipinski definition) is 0. The summed E-state index contributed by atoms with van der Waals surface area (Å²) in [6.45, 7) is 4.68. The van der Waals surface area contributed by atoms with Crippen LogP contribution in [0, 0.1) is 0 Å². The molecule has 0 aliphatic heterocycles. The number of benzene rings is 4. The Kier molecular flexibility index (Phi) is 4.54. The minimum absolute atomic E-state index is 0.0208. The summed E-state index contributed by atoms with van der Waals surface area (Å²) in [6, 6.07) is 35.2. The summed E-state index contributed by atoms with van der Waals surface area (Å²) >= 11 is 0.267. The fourth-order valence-corrected chi connectivity index (χ4v) is 7.06. The van der Waals surface area contributed by atoms with Gasteiger partial charge in [0.25, 0.3) is 0 Å². The van der Waals surface area contributed by atoms with Gasteiger partial charge in [-0.1, -0.05) is 0 Å². The molecule has 0 radical (unpaired) electrons. The van der Waals surface area contributed by atoms with Crippen LogP contribution in [0.5, 0.6) is 0 Å². The summed E-state index contributed by atoms with van der Waals surface area (Å²) in [5.41, 5.74) is 12.6. The molecule has 1 aliphatic carbocycles. The summed E-state index contributed by atoms with van der Waals surface area (Å²) in [4.78, 5) is 7.40. The molecule has 0 bridgehead atoms. The molecule has 168 valence electrons. The van der Waals surface area contributed by atoms with Gasteiger partial charge >= 0.3 is 212 Å². The number of imidazole rings is 1. The van der Waals surface area contributed by atoms with Crippen LogP contribution in [0.25, 0.3) is 49.3 Å². The standard InChI is InChI=1S/C32H24N2Se/c1-32(2)27-11-7-6-10-25(27)26-17-16-24(20-28(26)32)30-29(33-31-34(30)18-19-35-31)23-14-12-22(13-15-23)21-8-4-3-5-9-21/h3-20H,1-2H3. The molecule has 2 heterocycles. The van der Waals surface area contributed by atoms with Crippen molar-refractivity contribution in [1.29, 1.82) is 0 Å². The third-order valence-corrected chi connectivity index (χ3v) is 8.97. The van der Waals surface area contributed by atoms with E-state index in [1.165, 1.54) is 44.6 Å². The van der Waals surface area contributed by atoms with Gasteiger partial charge in [0.15, 0.2) is 0 Å². The van der Waals surface area contributed by atoms with Crippen molar-refractivity contribution in [2.75, 3.05) is 0 Å². The Morgan fingerprint density at radius 2 is 1.31 bits per heavy atom. The van der Waals surface area contributed by atoms with E-state index in [2.05, 4.69) is 126 Å². The zero-order valence-corrected chi connectivity index (χ0v) is 21.4. The van der Waals surface area contributed by atoms with Crippen LogP contribution in [-0.2, 0) is 5.41 Å². The first-order valence-corrected chi connectivity index (χ1v) is 13.8. The molecule has 0 N–H and O–H groups in total. The molecule has 0 saturated heterocycles. The fourth-order valence-electron chi connectivity index (χ4n) is 5.57. The van der Waals surface area contributed by atoms with Crippen LogP contribution in [0.15, 0.2) is 108 Å². The van der Waals surface area contributed by atoms with Crippen molar-refractivity contribution in [3.63, 3.8) is 0 Å². The second-order valence-electron chi connectivity index (χ2n) is 9.74. The first-order chi connectivity index (χ1) is 17.1. The molecular formula is C32H24N2Se. The van der Waals surface area contributed by atoms with Crippen LogP contribution >= 0.6 is 0 Å². The van der Waals surface area contributed by atoms with Gasteiger partial charge in [-0.15, -0.1) is 0 Å².